The van der Waals surface area contributed by atoms with Crippen LogP contribution < -0.4 is 21.7 Å². The molecular weight excluding hydrogens is 380 g/mol. The number of amides is 4. The lowest BCUT2D eigenvalue weighted by molar-refractivity contribution is -0.121. The predicted molar refractivity (Wildman–Crippen MR) is 117 cm³/mol. The van der Waals surface area contributed by atoms with Crippen LogP contribution in [-0.2, 0) is 11.3 Å². The first-order valence-corrected chi connectivity index (χ1v) is 10.1. The Morgan fingerprint density at radius 3 is 2.43 bits per heavy atom. The van der Waals surface area contributed by atoms with Gasteiger partial charge in [0.2, 0.25) is 5.91 Å². The lowest BCUT2D eigenvalue weighted by atomic mass is 9.98. The number of urea groups is 1. The van der Waals surface area contributed by atoms with Crippen LogP contribution in [0.2, 0.25) is 0 Å². The van der Waals surface area contributed by atoms with Crippen LogP contribution in [0.5, 0.6) is 0 Å². The normalized spacial score (nSPS) is 12.5. The highest BCUT2D eigenvalue weighted by Gasteiger charge is 2.19. The van der Waals surface area contributed by atoms with Crippen LogP contribution in [0.3, 0.4) is 0 Å². The molecule has 2 aromatic carbocycles. The van der Waals surface area contributed by atoms with E-state index in [1.54, 1.807) is 18.2 Å². The molecule has 160 valence electrons. The minimum atomic E-state index is -0.684. The Bertz CT molecular complexity index is 898. The maximum absolute atomic E-state index is 12.5. The van der Waals surface area contributed by atoms with E-state index in [-0.39, 0.29) is 30.8 Å². The number of hydrogen-bond acceptors (Lipinski definition) is 3. The van der Waals surface area contributed by atoms with Gasteiger partial charge in [0.1, 0.15) is 0 Å². The van der Waals surface area contributed by atoms with Crippen molar-refractivity contribution in [2.45, 2.75) is 52.2 Å². The molecule has 0 spiro atoms. The number of carbonyl (C=O) groups excluding carboxylic acids is 3. The number of primary amides is 1. The van der Waals surface area contributed by atoms with Crippen molar-refractivity contribution in [3.05, 3.63) is 70.8 Å². The number of aryl methyl sites for hydroxylation is 1. The minimum Gasteiger partial charge on any atom is -0.352 e. The molecule has 0 fully saturated rings. The van der Waals surface area contributed by atoms with Gasteiger partial charge in [-0.3, -0.25) is 9.59 Å². The van der Waals surface area contributed by atoms with Crippen molar-refractivity contribution in [1.29, 1.82) is 0 Å². The number of hydrogen-bond donors (Lipinski definition) is 4. The Kier molecular flexibility index (Phi) is 8.41. The summed E-state index contributed by atoms with van der Waals surface area (Å²) in [5, 5.41) is 8.41. The second-order valence-electron chi connectivity index (χ2n) is 7.38. The Morgan fingerprint density at radius 1 is 1.03 bits per heavy atom. The fraction of sp³-hybridized carbons (Fsp3) is 0.348. The van der Waals surface area contributed by atoms with Crippen molar-refractivity contribution >= 4 is 17.8 Å². The van der Waals surface area contributed by atoms with E-state index in [9.17, 15) is 14.4 Å². The first-order chi connectivity index (χ1) is 14.3. The van der Waals surface area contributed by atoms with Crippen molar-refractivity contribution < 1.29 is 14.4 Å². The summed E-state index contributed by atoms with van der Waals surface area (Å²) in [5.41, 5.74) is 8.46. The molecule has 0 aromatic heterocycles. The minimum absolute atomic E-state index is 0.0575. The molecule has 30 heavy (non-hydrogen) atoms. The Morgan fingerprint density at radius 2 is 1.77 bits per heavy atom. The third kappa shape index (κ3) is 6.92. The Labute approximate surface area is 177 Å². The van der Waals surface area contributed by atoms with Crippen molar-refractivity contribution in [3.63, 3.8) is 0 Å². The monoisotopic (exact) mass is 410 g/mol. The molecule has 5 N–H and O–H groups in total. The number of benzene rings is 2. The summed E-state index contributed by atoms with van der Waals surface area (Å²) in [6.07, 6.45) is 0.908. The summed E-state index contributed by atoms with van der Waals surface area (Å²) < 4.78 is 0. The summed E-state index contributed by atoms with van der Waals surface area (Å²) in [4.78, 5) is 36.2. The zero-order chi connectivity index (χ0) is 22.1. The average molecular weight is 411 g/mol. The largest absolute Gasteiger partial charge is 0.352 e. The fourth-order valence-electron chi connectivity index (χ4n) is 3.08. The zero-order valence-electron chi connectivity index (χ0n) is 17.7. The maximum atomic E-state index is 12.5. The average Bonchev–Trinajstić information content (AvgIpc) is 2.72. The summed E-state index contributed by atoms with van der Waals surface area (Å²) in [5.74, 6) is -0.366. The standard InChI is InChI=1S/C23H30N4O3/c1-4-16(3)26-22(29)18-10-7-9-17(12-18)14-25-21(28)13-20(27-23(24)30)19-11-6-5-8-15(19)2/h5-12,16,20H,4,13-14H2,1-3H3,(H,25,28)(H,26,29)(H3,24,27,30). The van der Waals surface area contributed by atoms with Gasteiger partial charge in [-0.1, -0.05) is 43.3 Å². The second-order valence-corrected chi connectivity index (χ2v) is 7.38. The molecule has 7 heteroatoms. The highest BCUT2D eigenvalue weighted by Crippen LogP contribution is 2.20. The van der Waals surface area contributed by atoms with E-state index in [1.807, 2.05) is 51.1 Å². The molecule has 2 atom stereocenters. The molecule has 0 aliphatic rings. The molecule has 0 saturated heterocycles. The molecule has 0 heterocycles. The molecule has 0 aliphatic carbocycles. The molecule has 2 aromatic rings. The quantitative estimate of drug-likeness (QED) is 0.510. The van der Waals surface area contributed by atoms with E-state index < -0.39 is 12.1 Å². The molecule has 7 nitrogen and oxygen atoms in total. The van der Waals surface area contributed by atoms with E-state index in [0.29, 0.717) is 5.56 Å². The van der Waals surface area contributed by atoms with Gasteiger partial charge in [0, 0.05) is 18.2 Å². The van der Waals surface area contributed by atoms with Crippen LogP contribution in [0.4, 0.5) is 4.79 Å². The number of carbonyl (C=O) groups is 3. The van der Waals surface area contributed by atoms with E-state index in [2.05, 4.69) is 16.0 Å². The van der Waals surface area contributed by atoms with Crippen molar-refractivity contribution in [2.75, 3.05) is 0 Å². The summed E-state index contributed by atoms with van der Waals surface area (Å²) >= 11 is 0. The van der Waals surface area contributed by atoms with Crippen LogP contribution in [-0.4, -0.2) is 23.9 Å². The third-order valence-corrected chi connectivity index (χ3v) is 4.94. The number of nitrogens with two attached hydrogens (primary N) is 1. The van der Waals surface area contributed by atoms with Crippen LogP contribution in [0, 0.1) is 6.92 Å². The molecule has 2 unspecified atom stereocenters. The van der Waals surface area contributed by atoms with Gasteiger partial charge in [-0.15, -0.1) is 0 Å². The smallest absolute Gasteiger partial charge is 0.312 e. The zero-order valence-corrected chi connectivity index (χ0v) is 17.7. The van der Waals surface area contributed by atoms with Gasteiger partial charge >= 0.3 is 6.03 Å². The Balaban J connectivity index is 2.00. The van der Waals surface area contributed by atoms with E-state index in [0.717, 1.165) is 23.1 Å². The lowest BCUT2D eigenvalue weighted by Gasteiger charge is -2.19. The maximum Gasteiger partial charge on any atom is 0.312 e. The molecule has 0 radical (unpaired) electrons. The van der Waals surface area contributed by atoms with E-state index >= 15 is 0 Å². The molecular formula is C23H30N4O3. The van der Waals surface area contributed by atoms with Crippen molar-refractivity contribution in [2.24, 2.45) is 5.73 Å². The molecule has 4 amide bonds. The van der Waals surface area contributed by atoms with E-state index in [4.69, 9.17) is 5.73 Å². The van der Waals surface area contributed by atoms with Gasteiger partial charge in [0.25, 0.3) is 5.91 Å². The van der Waals surface area contributed by atoms with Crippen LogP contribution in [0.25, 0.3) is 0 Å². The summed E-state index contributed by atoms with van der Waals surface area (Å²) in [6.45, 7) is 6.15. The fourth-order valence-corrected chi connectivity index (χ4v) is 3.08. The number of nitrogens with one attached hydrogen (secondary N) is 3. The Hall–Kier alpha value is -3.35. The SMILES string of the molecule is CCC(C)NC(=O)c1cccc(CNC(=O)CC(NC(N)=O)c2ccccc2C)c1. The molecule has 0 aliphatic heterocycles. The van der Waals surface area contributed by atoms with E-state index in [1.165, 1.54) is 0 Å². The van der Waals surface area contributed by atoms with Crippen molar-refractivity contribution in [3.8, 4) is 0 Å². The van der Waals surface area contributed by atoms with Crippen LogP contribution in [0.15, 0.2) is 48.5 Å². The molecule has 0 saturated carbocycles. The summed E-state index contributed by atoms with van der Waals surface area (Å²) in [6, 6.07) is 13.6. The lowest BCUT2D eigenvalue weighted by Crippen LogP contribution is -2.37. The first-order valence-electron chi connectivity index (χ1n) is 10.1. The highest BCUT2D eigenvalue weighted by atomic mass is 16.2. The topological polar surface area (TPSA) is 113 Å². The van der Waals surface area contributed by atoms with Crippen LogP contribution in [0.1, 0.15) is 59.8 Å². The van der Waals surface area contributed by atoms with Gasteiger partial charge in [-0.25, -0.2) is 4.79 Å². The van der Waals surface area contributed by atoms with Gasteiger partial charge in [0.15, 0.2) is 0 Å². The van der Waals surface area contributed by atoms with Gasteiger partial charge in [-0.05, 0) is 49.1 Å². The van der Waals surface area contributed by atoms with Crippen LogP contribution >= 0.6 is 0 Å². The van der Waals surface area contributed by atoms with Gasteiger partial charge in [0.05, 0.1) is 12.5 Å². The molecule has 2 rings (SSSR count). The van der Waals surface area contributed by atoms with Crippen molar-refractivity contribution in [1.82, 2.24) is 16.0 Å². The predicted octanol–water partition coefficient (Wildman–Crippen LogP) is 2.94. The molecule has 0 bridgehead atoms. The van der Waals surface area contributed by atoms with Gasteiger partial charge in [-0.2, -0.15) is 0 Å². The second kappa shape index (κ2) is 11.0. The highest BCUT2D eigenvalue weighted by molar-refractivity contribution is 5.94. The third-order valence-electron chi connectivity index (χ3n) is 4.94. The number of rotatable bonds is 9. The summed E-state index contributed by atoms with van der Waals surface area (Å²) in [7, 11) is 0. The van der Waals surface area contributed by atoms with Gasteiger partial charge < -0.3 is 21.7 Å². The first kappa shape index (κ1) is 22.9.